The van der Waals surface area contributed by atoms with Gasteiger partial charge in [-0.15, -0.1) is 0 Å². The third-order valence-corrected chi connectivity index (χ3v) is 2.76. The average Bonchev–Trinajstić information content (AvgIpc) is 2.35. The van der Waals surface area contributed by atoms with E-state index in [0.29, 0.717) is 22.3 Å². The van der Waals surface area contributed by atoms with Crippen LogP contribution in [0.5, 0.6) is 5.75 Å². The van der Waals surface area contributed by atoms with E-state index in [0.717, 1.165) is 0 Å². The average molecular weight is 319 g/mol. The summed E-state index contributed by atoms with van der Waals surface area (Å²) in [6, 6.07) is 4.05. The van der Waals surface area contributed by atoms with Gasteiger partial charge >= 0.3 is 0 Å². The molecule has 0 aliphatic rings. The molecule has 0 saturated carbocycles. The minimum atomic E-state index is -0.617. The summed E-state index contributed by atoms with van der Waals surface area (Å²) in [6.45, 7) is 3.69. The first kappa shape index (κ1) is 16.6. The molecular formula is C13H16Cl2N2O3. The molecule has 1 aromatic carbocycles. The molecule has 2 amide bonds. The standard InChI is InChI=1S/C13H16Cl2N2O3/c1-3-16-13(19)8(2)17-12(18)7-20-11-5-9(14)4-10(15)6-11/h4-6,8H,3,7H2,1-2H3,(H,16,19)(H,17,18)/t8-/m0/s1. The lowest BCUT2D eigenvalue weighted by Crippen LogP contribution is -2.46. The van der Waals surface area contributed by atoms with Gasteiger partial charge in [-0.1, -0.05) is 23.2 Å². The van der Waals surface area contributed by atoms with E-state index in [2.05, 4.69) is 10.6 Å². The lowest BCUT2D eigenvalue weighted by Gasteiger charge is -2.13. The maximum atomic E-state index is 11.6. The Morgan fingerprint density at radius 3 is 2.40 bits per heavy atom. The quantitative estimate of drug-likeness (QED) is 0.843. The maximum absolute atomic E-state index is 11.6. The molecule has 110 valence electrons. The number of halogens is 2. The van der Waals surface area contributed by atoms with Crippen molar-refractivity contribution in [3.63, 3.8) is 0 Å². The number of ether oxygens (including phenoxy) is 1. The van der Waals surface area contributed by atoms with Crippen molar-refractivity contribution in [1.29, 1.82) is 0 Å². The Morgan fingerprint density at radius 2 is 1.85 bits per heavy atom. The summed E-state index contributed by atoms with van der Waals surface area (Å²) in [6.07, 6.45) is 0. The Bertz CT molecular complexity index is 474. The first-order valence-electron chi connectivity index (χ1n) is 6.08. The summed E-state index contributed by atoms with van der Waals surface area (Å²) >= 11 is 11.6. The fourth-order valence-corrected chi connectivity index (χ4v) is 1.94. The molecule has 0 saturated heterocycles. The number of rotatable bonds is 6. The second-order valence-corrected chi connectivity index (χ2v) is 4.95. The van der Waals surface area contributed by atoms with Crippen LogP contribution >= 0.6 is 23.2 Å². The van der Waals surface area contributed by atoms with Crippen LogP contribution in [0.25, 0.3) is 0 Å². The van der Waals surface area contributed by atoms with Crippen LogP contribution in [0.3, 0.4) is 0 Å². The molecule has 0 fully saturated rings. The lowest BCUT2D eigenvalue weighted by atomic mass is 10.3. The maximum Gasteiger partial charge on any atom is 0.258 e. The van der Waals surface area contributed by atoms with Crippen molar-refractivity contribution in [2.45, 2.75) is 19.9 Å². The molecule has 0 radical (unpaired) electrons. The molecule has 0 unspecified atom stereocenters. The molecule has 1 aromatic rings. The largest absolute Gasteiger partial charge is 0.484 e. The van der Waals surface area contributed by atoms with E-state index in [1.807, 2.05) is 0 Å². The van der Waals surface area contributed by atoms with E-state index in [1.54, 1.807) is 32.0 Å². The SMILES string of the molecule is CCNC(=O)[C@H](C)NC(=O)COc1cc(Cl)cc(Cl)c1. The zero-order valence-corrected chi connectivity index (χ0v) is 12.7. The zero-order chi connectivity index (χ0) is 15.1. The first-order valence-corrected chi connectivity index (χ1v) is 6.84. The van der Waals surface area contributed by atoms with Crippen molar-refractivity contribution < 1.29 is 14.3 Å². The Hall–Kier alpha value is -1.46. The van der Waals surface area contributed by atoms with Crippen LogP contribution in [0.1, 0.15) is 13.8 Å². The molecule has 0 aromatic heterocycles. The number of nitrogens with one attached hydrogen (secondary N) is 2. The van der Waals surface area contributed by atoms with Gasteiger partial charge in [-0.25, -0.2) is 0 Å². The summed E-state index contributed by atoms with van der Waals surface area (Å²) < 4.78 is 5.26. The highest BCUT2D eigenvalue weighted by Gasteiger charge is 2.14. The van der Waals surface area contributed by atoms with Crippen LogP contribution in [0.4, 0.5) is 0 Å². The Morgan fingerprint density at radius 1 is 1.25 bits per heavy atom. The van der Waals surface area contributed by atoms with Crippen molar-refractivity contribution in [2.75, 3.05) is 13.2 Å². The normalized spacial score (nSPS) is 11.6. The molecule has 0 heterocycles. The summed E-state index contributed by atoms with van der Waals surface area (Å²) in [4.78, 5) is 23.1. The Balaban J connectivity index is 2.45. The van der Waals surface area contributed by atoms with E-state index in [-0.39, 0.29) is 12.5 Å². The van der Waals surface area contributed by atoms with Crippen LogP contribution in [-0.4, -0.2) is 31.0 Å². The number of amides is 2. The fraction of sp³-hybridized carbons (Fsp3) is 0.385. The van der Waals surface area contributed by atoms with Gasteiger partial charge in [0, 0.05) is 16.6 Å². The predicted octanol–water partition coefficient (Wildman–Crippen LogP) is 2.01. The number of hydrogen-bond donors (Lipinski definition) is 2. The third kappa shape index (κ3) is 5.67. The summed E-state index contributed by atoms with van der Waals surface area (Å²) in [5, 5.41) is 5.97. The van der Waals surface area contributed by atoms with E-state index >= 15 is 0 Å². The second kappa shape index (κ2) is 7.97. The lowest BCUT2D eigenvalue weighted by molar-refractivity contribution is -0.129. The topological polar surface area (TPSA) is 67.4 Å². The number of benzene rings is 1. The van der Waals surface area contributed by atoms with Crippen LogP contribution in [0.2, 0.25) is 10.0 Å². The van der Waals surface area contributed by atoms with E-state index < -0.39 is 11.9 Å². The van der Waals surface area contributed by atoms with Gasteiger partial charge in [-0.2, -0.15) is 0 Å². The molecule has 1 rings (SSSR count). The van der Waals surface area contributed by atoms with Gasteiger partial charge in [0.05, 0.1) is 0 Å². The number of likely N-dealkylation sites (N-methyl/N-ethyl adjacent to an activating group) is 1. The summed E-state index contributed by atoms with van der Waals surface area (Å²) in [7, 11) is 0. The van der Waals surface area contributed by atoms with Crippen molar-refractivity contribution in [1.82, 2.24) is 10.6 Å². The zero-order valence-electron chi connectivity index (χ0n) is 11.2. The van der Waals surface area contributed by atoms with E-state index in [4.69, 9.17) is 27.9 Å². The van der Waals surface area contributed by atoms with Crippen molar-refractivity contribution in [3.8, 4) is 5.75 Å². The highest BCUT2D eigenvalue weighted by molar-refractivity contribution is 6.34. The van der Waals surface area contributed by atoms with Crippen molar-refractivity contribution >= 4 is 35.0 Å². The van der Waals surface area contributed by atoms with Crippen LogP contribution in [0, 0.1) is 0 Å². The van der Waals surface area contributed by atoms with Crippen LogP contribution in [0.15, 0.2) is 18.2 Å². The van der Waals surface area contributed by atoms with E-state index in [9.17, 15) is 9.59 Å². The van der Waals surface area contributed by atoms with Gasteiger partial charge < -0.3 is 15.4 Å². The van der Waals surface area contributed by atoms with E-state index in [1.165, 1.54) is 0 Å². The smallest absolute Gasteiger partial charge is 0.258 e. The summed E-state index contributed by atoms with van der Waals surface area (Å²) in [5.41, 5.74) is 0. The molecule has 2 N–H and O–H groups in total. The van der Waals surface area contributed by atoms with Crippen LogP contribution in [-0.2, 0) is 9.59 Å². The van der Waals surface area contributed by atoms with Gasteiger partial charge in [-0.05, 0) is 32.0 Å². The van der Waals surface area contributed by atoms with Crippen LogP contribution < -0.4 is 15.4 Å². The van der Waals surface area contributed by atoms with Crippen molar-refractivity contribution in [3.05, 3.63) is 28.2 Å². The highest BCUT2D eigenvalue weighted by Crippen LogP contribution is 2.23. The number of carbonyl (C=O) groups excluding carboxylic acids is 2. The molecule has 0 aliphatic carbocycles. The predicted molar refractivity (Wildman–Crippen MR) is 78.2 cm³/mol. The highest BCUT2D eigenvalue weighted by atomic mass is 35.5. The summed E-state index contributed by atoms with van der Waals surface area (Å²) in [5.74, 6) is -0.255. The third-order valence-electron chi connectivity index (χ3n) is 2.33. The second-order valence-electron chi connectivity index (χ2n) is 4.08. The molecule has 0 aliphatic heterocycles. The van der Waals surface area contributed by atoms with Gasteiger partial charge in [0.25, 0.3) is 5.91 Å². The molecule has 20 heavy (non-hydrogen) atoms. The van der Waals surface area contributed by atoms with Gasteiger partial charge in [0.2, 0.25) is 5.91 Å². The number of hydrogen-bond acceptors (Lipinski definition) is 3. The van der Waals surface area contributed by atoms with Gasteiger partial charge in [-0.3, -0.25) is 9.59 Å². The minimum absolute atomic E-state index is 0.222. The molecule has 0 bridgehead atoms. The molecule has 7 heteroatoms. The molecule has 0 spiro atoms. The molecular weight excluding hydrogens is 303 g/mol. The monoisotopic (exact) mass is 318 g/mol. The van der Waals surface area contributed by atoms with Gasteiger partial charge in [0.1, 0.15) is 11.8 Å². The Labute approximate surface area is 127 Å². The molecule has 5 nitrogen and oxygen atoms in total. The van der Waals surface area contributed by atoms with Crippen molar-refractivity contribution in [2.24, 2.45) is 0 Å². The first-order chi connectivity index (χ1) is 9.42. The Kier molecular flexibility index (Phi) is 6.61. The molecule has 1 atom stereocenters. The fourth-order valence-electron chi connectivity index (χ4n) is 1.44. The number of carbonyl (C=O) groups is 2. The minimum Gasteiger partial charge on any atom is -0.484 e. The van der Waals surface area contributed by atoms with Gasteiger partial charge in [0.15, 0.2) is 6.61 Å².